The van der Waals surface area contributed by atoms with Crippen molar-refractivity contribution in [3.8, 4) is 0 Å². The Bertz CT molecular complexity index is 696. The summed E-state index contributed by atoms with van der Waals surface area (Å²) in [5.41, 5.74) is 7.78. The van der Waals surface area contributed by atoms with E-state index in [1.54, 1.807) is 0 Å². The maximum atomic E-state index is 14.2. The maximum Gasteiger partial charge on any atom is 0.178 e. The number of carbonyl (C=O) groups is 2. The summed E-state index contributed by atoms with van der Waals surface area (Å²) in [5, 5.41) is 0. The molecule has 3 saturated carbocycles. The summed E-state index contributed by atoms with van der Waals surface area (Å²) in [7, 11) is 0. The average Bonchev–Trinajstić information content (AvgIpc) is 2.75. The molecule has 6 atom stereocenters. The van der Waals surface area contributed by atoms with Crippen LogP contribution in [0, 0.1) is 28.6 Å². The fraction of sp³-hybridized carbons (Fsp3) is 0.700. The van der Waals surface area contributed by atoms with Crippen molar-refractivity contribution in [2.75, 3.05) is 0 Å². The molecule has 0 aromatic rings. The SMILES string of the molecule is C=C1C[C@@H]2[C@H](CC[C@]3(C)C(=O)[C@H](F)C[C@@H]23)[C@@]2(C)CCC(=O)C(N)=C12. The first kappa shape index (κ1) is 16.0. The molecule has 0 heterocycles. The minimum Gasteiger partial charge on any atom is -0.396 e. The van der Waals surface area contributed by atoms with E-state index in [1.807, 2.05) is 6.92 Å². The Morgan fingerprint density at radius 2 is 1.88 bits per heavy atom. The molecule has 2 N–H and O–H groups in total. The van der Waals surface area contributed by atoms with E-state index in [1.165, 1.54) is 0 Å². The molecule has 4 heteroatoms. The Balaban J connectivity index is 1.79. The second-order valence-corrected chi connectivity index (χ2v) is 8.84. The molecule has 130 valence electrons. The van der Waals surface area contributed by atoms with Crippen molar-refractivity contribution in [3.05, 3.63) is 23.4 Å². The van der Waals surface area contributed by atoms with Crippen molar-refractivity contribution >= 4 is 11.6 Å². The van der Waals surface area contributed by atoms with Gasteiger partial charge in [0.1, 0.15) is 0 Å². The third kappa shape index (κ3) is 1.77. The van der Waals surface area contributed by atoms with Crippen LogP contribution in [0.5, 0.6) is 0 Å². The van der Waals surface area contributed by atoms with E-state index in [9.17, 15) is 14.0 Å². The number of allylic oxidation sites excluding steroid dienone is 2. The fourth-order valence-corrected chi connectivity index (χ4v) is 6.54. The van der Waals surface area contributed by atoms with E-state index < -0.39 is 11.6 Å². The molecule has 0 spiro atoms. The molecule has 0 unspecified atom stereocenters. The van der Waals surface area contributed by atoms with Gasteiger partial charge in [0, 0.05) is 11.8 Å². The lowest BCUT2D eigenvalue weighted by atomic mass is 9.46. The number of Topliss-reactive ketones (excluding diaryl/α,β-unsaturated/α-hetero) is 2. The predicted molar refractivity (Wildman–Crippen MR) is 89.6 cm³/mol. The highest BCUT2D eigenvalue weighted by atomic mass is 19.1. The van der Waals surface area contributed by atoms with Gasteiger partial charge in [0.05, 0.1) is 5.70 Å². The Kier molecular flexibility index (Phi) is 3.21. The van der Waals surface area contributed by atoms with Crippen molar-refractivity contribution in [1.29, 1.82) is 0 Å². The lowest BCUT2D eigenvalue weighted by molar-refractivity contribution is -0.134. The van der Waals surface area contributed by atoms with Gasteiger partial charge in [-0.15, -0.1) is 0 Å². The molecule has 0 bridgehead atoms. The standard InChI is InChI=1S/C20H26FNO2/c1-10-8-11-12(19(2)7-5-15(23)17(22)16(10)19)4-6-20(3)13(11)9-14(21)18(20)24/h11-14H,1,4-9,22H2,2-3H3/t11-,12+,13+,14-,19-,20+/m1/s1. The highest BCUT2D eigenvalue weighted by Gasteiger charge is 2.62. The number of hydrogen-bond donors (Lipinski definition) is 1. The summed E-state index contributed by atoms with van der Waals surface area (Å²) in [4.78, 5) is 24.5. The molecular weight excluding hydrogens is 305 g/mol. The summed E-state index contributed by atoms with van der Waals surface area (Å²) in [6.45, 7) is 8.39. The van der Waals surface area contributed by atoms with Crippen molar-refractivity contribution in [2.24, 2.45) is 34.3 Å². The lowest BCUT2D eigenvalue weighted by Gasteiger charge is -2.57. The minimum atomic E-state index is -1.31. The smallest absolute Gasteiger partial charge is 0.178 e. The Morgan fingerprint density at radius 3 is 2.58 bits per heavy atom. The number of alkyl halides is 1. The number of hydrogen-bond acceptors (Lipinski definition) is 3. The first-order valence-electron chi connectivity index (χ1n) is 9.10. The van der Waals surface area contributed by atoms with Crippen LogP contribution in [0.25, 0.3) is 0 Å². The van der Waals surface area contributed by atoms with Gasteiger partial charge in [0.2, 0.25) is 0 Å². The zero-order valence-electron chi connectivity index (χ0n) is 14.5. The van der Waals surface area contributed by atoms with Gasteiger partial charge in [-0.2, -0.15) is 0 Å². The van der Waals surface area contributed by atoms with Crippen LogP contribution in [-0.4, -0.2) is 17.7 Å². The van der Waals surface area contributed by atoms with Crippen molar-refractivity contribution < 1.29 is 14.0 Å². The highest BCUT2D eigenvalue weighted by Crippen LogP contribution is 2.65. The number of ketones is 2. The molecule has 3 nitrogen and oxygen atoms in total. The molecule has 0 amide bonds. The Hall–Kier alpha value is -1.45. The molecule has 0 aliphatic heterocycles. The van der Waals surface area contributed by atoms with E-state index in [0.29, 0.717) is 24.5 Å². The van der Waals surface area contributed by atoms with Gasteiger partial charge in [-0.25, -0.2) is 4.39 Å². The Labute approximate surface area is 142 Å². The van der Waals surface area contributed by atoms with Gasteiger partial charge in [-0.05, 0) is 66.4 Å². The van der Waals surface area contributed by atoms with Crippen LogP contribution in [0.4, 0.5) is 4.39 Å². The van der Waals surface area contributed by atoms with Crippen molar-refractivity contribution in [2.45, 2.75) is 58.5 Å². The van der Waals surface area contributed by atoms with Crippen LogP contribution < -0.4 is 5.73 Å². The molecule has 4 rings (SSSR count). The van der Waals surface area contributed by atoms with E-state index in [2.05, 4.69) is 13.5 Å². The molecule has 4 aliphatic rings. The number of halogens is 1. The van der Waals surface area contributed by atoms with Gasteiger partial charge in [-0.1, -0.05) is 20.4 Å². The summed E-state index contributed by atoms with van der Waals surface area (Å²) in [6, 6.07) is 0. The van der Waals surface area contributed by atoms with Gasteiger partial charge in [0.15, 0.2) is 17.7 Å². The van der Waals surface area contributed by atoms with Crippen molar-refractivity contribution in [3.63, 3.8) is 0 Å². The van der Waals surface area contributed by atoms with E-state index in [-0.39, 0.29) is 28.8 Å². The van der Waals surface area contributed by atoms with Crippen LogP contribution in [0.2, 0.25) is 0 Å². The Morgan fingerprint density at radius 1 is 1.17 bits per heavy atom. The molecule has 0 aromatic heterocycles. The third-order valence-electron chi connectivity index (χ3n) is 7.80. The van der Waals surface area contributed by atoms with Crippen LogP contribution in [-0.2, 0) is 9.59 Å². The molecule has 0 radical (unpaired) electrons. The van der Waals surface area contributed by atoms with Gasteiger partial charge in [-0.3, -0.25) is 9.59 Å². The van der Waals surface area contributed by atoms with Gasteiger partial charge < -0.3 is 5.73 Å². The van der Waals surface area contributed by atoms with Gasteiger partial charge >= 0.3 is 0 Å². The first-order chi connectivity index (χ1) is 11.2. The van der Waals surface area contributed by atoms with Crippen molar-refractivity contribution in [1.82, 2.24) is 0 Å². The number of fused-ring (bicyclic) bond motifs is 5. The van der Waals surface area contributed by atoms with Crippen LogP contribution in [0.1, 0.15) is 52.4 Å². The van der Waals surface area contributed by atoms with E-state index in [4.69, 9.17) is 5.73 Å². The maximum absolute atomic E-state index is 14.2. The second-order valence-electron chi connectivity index (χ2n) is 8.84. The zero-order valence-corrected chi connectivity index (χ0v) is 14.5. The molecule has 3 fully saturated rings. The molecule has 24 heavy (non-hydrogen) atoms. The number of carbonyl (C=O) groups excluding carboxylic acids is 2. The molecule has 4 aliphatic carbocycles. The van der Waals surface area contributed by atoms with Crippen LogP contribution in [0.3, 0.4) is 0 Å². The average molecular weight is 331 g/mol. The summed E-state index contributed by atoms with van der Waals surface area (Å²) in [5.74, 6) is 0.563. The third-order valence-corrected chi connectivity index (χ3v) is 7.80. The van der Waals surface area contributed by atoms with Gasteiger partial charge in [0.25, 0.3) is 0 Å². The zero-order chi connectivity index (χ0) is 17.4. The quantitative estimate of drug-likeness (QED) is 0.739. The summed E-state index contributed by atoms with van der Waals surface area (Å²) < 4.78 is 14.2. The molecule has 0 saturated heterocycles. The largest absolute Gasteiger partial charge is 0.396 e. The van der Waals surface area contributed by atoms with E-state index >= 15 is 0 Å². The normalized spacial score (nSPS) is 48.2. The van der Waals surface area contributed by atoms with Crippen LogP contribution >= 0.6 is 0 Å². The number of rotatable bonds is 0. The van der Waals surface area contributed by atoms with Crippen LogP contribution in [0.15, 0.2) is 23.4 Å². The summed E-state index contributed by atoms with van der Waals surface area (Å²) in [6.07, 6.45) is 2.71. The number of nitrogens with two attached hydrogens (primary N) is 1. The lowest BCUT2D eigenvalue weighted by Crippen LogP contribution is -2.52. The second kappa shape index (κ2) is 4.80. The molecule has 0 aromatic carbocycles. The fourth-order valence-electron chi connectivity index (χ4n) is 6.54. The predicted octanol–water partition coefficient (Wildman–Crippen LogP) is 3.49. The first-order valence-corrected chi connectivity index (χ1v) is 9.10. The topological polar surface area (TPSA) is 60.2 Å². The highest BCUT2D eigenvalue weighted by molar-refractivity contribution is 5.97. The monoisotopic (exact) mass is 331 g/mol. The van der Waals surface area contributed by atoms with E-state index in [0.717, 1.165) is 36.8 Å². The molecular formula is C20H26FNO2. The minimum absolute atomic E-state index is 0.0302. The summed E-state index contributed by atoms with van der Waals surface area (Å²) >= 11 is 0.